The zero-order valence-electron chi connectivity index (χ0n) is 16.3. The molecule has 154 valence electrons. The molecule has 0 radical (unpaired) electrons. The summed E-state index contributed by atoms with van der Waals surface area (Å²) < 4.78 is 28.9. The summed E-state index contributed by atoms with van der Waals surface area (Å²) in [4.78, 5) is 21.2. The average Bonchev–Trinajstić information content (AvgIpc) is 2.74. The molecule has 0 amide bonds. The smallest absolute Gasteiger partial charge is 0.263 e. The maximum Gasteiger partial charge on any atom is 0.263 e. The maximum atomic E-state index is 13.9. The zero-order valence-corrected chi connectivity index (χ0v) is 16.3. The van der Waals surface area contributed by atoms with Gasteiger partial charge in [0.05, 0.1) is 11.6 Å². The van der Waals surface area contributed by atoms with Gasteiger partial charge in [0.1, 0.15) is 41.2 Å². The molecule has 1 aromatic carbocycles. The Kier molecular flexibility index (Phi) is 5.05. The molecule has 0 bridgehead atoms. The molecule has 3 N–H and O–H groups in total. The van der Waals surface area contributed by atoms with Crippen LogP contribution in [0.2, 0.25) is 0 Å². The highest BCUT2D eigenvalue weighted by Crippen LogP contribution is 2.30. The molecular formula is C22H16F2N6O. The molecule has 0 aliphatic heterocycles. The van der Waals surface area contributed by atoms with E-state index in [1.54, 1.807) is 19.1 Å². The number of pyridine rings is 2. The summed E-state index contributed by atoms with van der Waals surface area (Å²) >= 11 is 0. The topological polar surface area (TPSA) is 109 Å². The molecule has 3 heterocycles. The van der Waals surface area contributed by atoms with Crippen LogP contribution < -0.4 is 16.6 Å². The van der Waals surface area contributed by atoms with E-state index in [1.807, 2.05) is 6.07 Å². The second-order valence-electron chi connectivity index (χ2n) is 6.89. The number of nitrogens with two attached hydrogens (primary N) is 1. The Hall–Kier alpha value is -4.32. The lowest BCUT2D eigenvalue weighted by atomic mass is 9.96. The van der Waals surface area contributed by atoms with Crippen LogP contribution in [0, 0.1) is 23.0 Å². The third kappa shape index (κ3) is 3.67. The lowest BCUT2D eigenvalue weighted by molar-refractivity contribution is 0.618. The van der Waals surface area contributed by atoms with Gasteiger partial charge in [-0.15, -0.1) is 0 Å². The van der Waals surface area contributed by atoms with Crippen molar-refractivity contribution in [3.8, 4) is 17.2 Å². The highest BCUT2D eigenvalue weighted by molar-refractivity contribution is 5.72. The van der Waals surface area contributed by atoms with Gasteiger partial charge in [-0.2, -0.15) is 5.26 Å². The molecule has 4 rings (SSSR count). The van der Waals surface area contributed by atoms with E-state index >= 15 is 0 Å². The third-order valence-electron chi connectivity index (χ3n) is 4.89. The largest absolute Gasteiger partial charge is 0.382 e. The molecule has 31 heavy (non-hydrogen) atoms. The summed E-state index contributed by atoms with van der Waals surface area (Å²) in [7, 11) is 0. The van der Waals surface area contributed by atoms with Crippen LogP contribution in [0.1, 0.15) is 24.1 Å². The van der Waals surface area contributed by atoms with Crippen LogP contribution in [0.15, 0.2) is 59.8 Å². The van der Waals surface area contributed by atoms with Gasteiger partial charge in [0.15, 0.2) is 0 Å². The molecule has 0 saturated heterocycles. The van der Waals surface area contributed by atoms with E-state index in [0.29, 0.717) is 16.6 Å². The zero-order chi connectivity index (χ0) is 22.1. The number of fused-ring (bicyclic) bond motifs is 1. The van der Waals surface area contributed by atoms with Crippen LogP contribution in [-0.4, -0.2) is 14.4 Å². The van der Waals surface area contributed by atoms with Gasteiger partial charge in [0.2, 0.25) is 0 Å². The Bertz CT molecular complexity index is 1410. The number of nitrogen functional groups attached to an aromatic ring is 1. The molecule has 9 heteroatoms. The van der Waals surface area contributed by atoms with Crippen molar-refractivity contribution in [1.82, 2.24) is 14.4 Å². The van der Waals surface area contributed by atoms with Crippen molar-refractivity contribution in [1.29, 1.82) is 5.26 Å². The Morgan fingerprint density at radius 2 is 1.97 bits per heavy atom. The van der Waals surface area contributed by atoms with Crippen LogP contribution in [0.4, 0.5) is 20.4 Å². The molecule has 0 fully saturated rings. The maximum absolute atomic E-state index is 13.9. The van der Waals surface area contributed by atoms with Crippen molar-refractivity contribution in [3.05, 3.63) is 88.1 Å². The second kappa shape index (κ2) is 7.84. The number of nitrogens with zero attached hydrogens (tertiary/aromatic N) is 4. The Morgan fingerprint density at radius 1 is 1.16 bits per heavy atom. The fourth-order valence-electron chi connectivity index (χ4n) is 3.43. The van der Waals surface area contributed by atoms with Crippen LogP contribution in [0.25, 0.3) is 16.6 Å². The lowest BCUT2D eigenvalue weighted by Gasteiger charge is -2.20. The van der Waals surface area contributed by atoms with Gasteiger partial charge in [-0.25, -0.2) is 18.7 Å². The van der Waals surface area contributed by atoms with Crippen LogP contribution in [-0.2, 0) is 0 Å². The first kappa shape index (κ1) is 20.0. The summed E-state index contributed by atoms with van der Waals surface area (Å²) in [6.07, 6.45) is 2.30. The molecule has 0 aliphatic carbocycles. The first-order chi connectivity index (χ1) is 14.9. The minimum atomic E-state index is -0.575. The molecule has 0 unspecified atom stereocenters. The standard InChI is InChI=1S/C22H16F2N6O/c1-12(29-21-18(9-25)20(26)27-11-28-21)17-8-16-6-5-15(24)10-30(16)22(31)19(17)13-3-2-4-14(23)7-13/h2-8,10-12H,1H3,(H3,26,27,28,29)/t12-/m1/s1. The predicted molar refractivity (Wildman–Crippen MR) is 112 cm³/mol. The molecular weight excluding hydrogens is 402 g/mol. The van der Waals surface area contributed by atoms with Gasteiger partial charge >= 0.3 is 0 Å². The Balaban J connectivity index is 1.93. The van der Waals surface area contributed by atoms with Gasteiger partial charge in [-0.05, 0) is 48.4 Å². The van der Waals surface area contributed by atoms with Crippen molar-refractivity contribution in [2.45, 2.75) is 13.0 Å². The van der Waals surface area contributed by atoms with Crippen LogP contribution in [0.5, 0.6) is 0 Å². The number of hydrogen-bond donors (Lipinski definition) is 2. The average molecular weight is 418 g/mol. The van der Waals surface area contributed by atoms with Crippen molar-refractivity contribution >= 4 is 17.2 Å². The molecule has 4 aromatic rings. The van der Waals surface area contributed by atoms with Crippen molar-refractivity contribution < 1.29 is 8.78 Å². The van der Waals surface area contributed by atoms with Gasteiger partial charge in [-0.1, -0.05) is 12.1 Å². The molecule has 3 aromatic heterocycles. The molecule has 0 saturated carbocycles. The number of rotatable bonds is 4. The third-order valence-corrected chi connectivity index (χ3v) is 4.89. The Labute approximate surface area is 175 Å². The first-order valence-corrected chi connectivity index (χ1v) is 9.27. The highest BCUT2D eigenvalue weighted by Gasteiger charge is 2.20. The second-order valence-corrected chi connectivity index (χ2v) is 6.89. The monoisotopic (exact) mass is 418 g/mol. The lowest BCUT2D eigenvalue weighted by Crippen LogP contribution is -2.21. The van der Waals surface area contributed by atoms with Crippen molar-refractivity contribution in [2.24, 2.45) is 0 Å². The number of hydrogen-bond acceptors (Lipinski definition) is 6. The minimum Gasteiger partial charge on any atom is -0.382 e. The van der Waals surface area contributed by atoms with Crippen LogP contribution in [0.3, 0.4) is 0 Å². The van der Waals surface area contributed by atoms with Crippen molar-refractivity contribution in [3.63, 3.8) is 0 Å². The predicted octanol–water partition coefficient (Wildman–Crippen LogP) is 3.66. The van der Waals surface area contributed by atoms with E-state index in [9.17, 15) is 18.8 Å². The normalized spacial score (nSPS) is 11.8. The number of halogens is 2. The SMILES string of the molecule is C[C@@H](Nc1ncnc(N)c1C#N)c1cc2ccc(F)cn2c(=O)c1-c1cccc(F)c1. The first-order valence-electron chi connectivity index (χ1n) is 9.27. The minimum absolute atomic E-state index is 0.0200. The summed E-state index contributed by atoms with van der Waals surface area (Å²) in [6.45, 7) is 1.76. The Morgan fingerprint density at radius 3 is 2.71 bits per heavy atom. The summed E-state index contributed by atoms with van der Waals surface area (Å²) in [6, 6.07) is 11.4. The van der Waals surface area contributed by atoms with E-state index in [0.717, 1.165) is 6.20 Å². The molecule has 0 aliphatic rings. The number of nitriles is 1. The van der Waals surface area contributed by atoms with E-state index in [1.165, 1.54) is 41.1 Å². The summed E-state index contributed by atoms with van der Waals surface area (Å²) in [5, 5.41) is 12.5. The van der Waals surface area contributed by atoms with E-state index in [-0.39, 0.29) is 22.8 Å². The van der Waals surface area contributed by atoms with Crippen molar-refractivity contribution in [2.75, 3.05) is 11.1 Å². The van der Waals surface area contributed by atoms with Gasteiger partial charge < -0.3 is 11.1 Å². The van der Waals surface area contributed by atoms with Crippen LogP contribution >= 0.6 is 0 Å². The number of benzene rings is 1. The van der Waals surface area contributed by atoms with Gasteiger partial charge in [0, 0.05) is 11.7 Å². The summed E-state index contributed by atoms with van der Waals surface area (Å²) in [5.41, 5.74) is 6.83. The fraction of sp³-hybridized carbons (Fsp3) is 0.0909. The molecule has 7 nitrogen and oxygen atoms in total. The number of aromatic nitrogens is 3. The van der Waals surface area contributed by atoms with E-state index in [4.69, 9.17) is 5.73 Å². The van der Waals surface area contributed by atoms with Gasteiger partial charge in [0.25, 0.3) is 5.56 Å². The number of anilines is 2. The van der Waals surface area contributed by atoms with E-state index < -0.39 is 23.2 Å². The summed E-state index contributed by atoms with van der Waals surface area (Å²) in [5.74, 6) is -0.865. The highest BCUT2D eigenvalue weighted by atomic mass is 19.1. The van der Waals surface area contributed by atoms with E-state index in [2.05, 4.69) is 15.3 Å². The molecule has 0 spiro atoms. The number of nitrogens with one attached hydrogen (secondary N) is 1. The quantitative estimate of drug-likeness (QED) is 0.524. The van der Waals surface area contributed by atoms with Gasteiger partial charge in [-0.3, -0.25) is 9.20 Å². The molecule has 1 atom stereocenters. The fourth-order valence-corrected chi connectivity index (χ4v) is 3.43.